The van der Waals surface area contributed by atoms with Gasteiger partial charge >= 0.3 is 0 Å². The second kappa shape index (κ2) is 2.93. The Morgan fingerprint density at radius 2 is 2.50 bits per heavy atom. The van der Waals surface area contributed by atoms with Crippen LogP contribution < -0.4 is 0 Å². The minimum absolute atomic E-state index is 0.715. The van der Waals surface area contributed by atoms with Crippen LogP contribution in [0.1, 0.15) is 11.3 Å². The number of aromatic nitrogens is 1. The van der Waals surface area contributed by atoms with Crippen LogP contribution in [0.4, 0.5) is 0 Å². The third-order valence-electron chi connectivity index (χ3n) is 2.14. The summed E-state index contributed by atoms with van der Waals surface area (Å²) >= 11 is 0. The molecule has 0 saturated carbocycles. The van der Waals surface area contributed by atoms with Crippen LogP contribution in [0, 0.1) is 0 Å². The monoisotopic (exact) mass is 162 g/mol. The minimum atomic E-state index is 0.715. The number of rotatable bonds is 1. The molecule has 1 aliphatic heterocycles. The van der Waals surface area contributed by atoms with Gasteiger partial charge in [-0.05, 0) is 11.6 Å². The van der Waals surface area contributed by atoms with Gasteiger partial charge in [0.25, 0.3) is 0 Å². The molecule has 0 radical (unpaired) electrons. The lowest BCUT2D eigenvalue weighted by Crippen LogP contribution is -2.29. The maximum absolute atomic E-state index is 10.5. The third kappa shape index (κ3) is 1.18. The van der Waals surface area contributed by atoms with Gasteiger partial charge in [0.15, 0.2) is 0 Å². The largest absolute Gasteiger partial charge is 0.340 e. The molecule has 1 aromatic heterocycles. The van der Waals surface area contributed by atoms with Crippen molar-refractivity contribution in [1.82, 2.24) is 9.88 Å². The molecule has 1 amide bonds. The Labute approximate surface area is 71.0 Å². The van der Waals surface area contributed by atoms with E-state index in [1.54, 1.807) is 11.1 Å². The summed E-state index contributed by atoms with van der Waals surface area (Å²) in [4.78, 5) is 16.5. The van der Waals surface area contributed by atoms with Gasteiger partial charge in [-0.25, -0.2) is 0 Å². The average molecular weight is 162 g/mol. The number of amides is 1. The summed E-state index contributed by atoms with van der Waals surface area (Å²) in [5, 5.41) is 0. The van der Waals surface area contributed by atoms with E-state index in [1.807, 2.05) is 12.1 Å². The normalized spacial score (nSPS) is 15.5. The van der Waals surface area contributed by atoms with Crippen molar-refractivity contribution in [2.75, 3.05) is 6.54 Å². The zero-order valence-corrected chi connectivity index (χ0v) is 6.73. The van der Waals surface area contributed by atoms with Crippen LogP contribution in [0.2, 0.25) is 0 Å². The molecule has 3 nitrogen and oxygen atoms in total. The Hall–Kier alpha value is -1.38. The Kier molecular flexibility index (Phi) is 1.78. The van der Waals surface area contributed by atoms with E-state index in [9.17, 15) is 4.79 Å². The molecular formula is C9H10N2O. The molecule has 0 aromatic carbocycles. The van der Waals surface area contributed by atoms with Crippen LogP contribution in [0.25, 0.3) is 0 Å². The predicted octanol–water partition coefficient (Wildman–Crippen LogP) is 0.596. The molecule has 0 saturated heterocycles. The minimum Gasteiger partial charge on any atom is -0.340 e. The van der Waals surface area contributed by atoms with Crippen LogP contribution >= 0.6 is 0 Å². The summed E-state index contributed by atoms with van der Waals surface area (Å²) in [6, 6.07) is 3.94. The zero-order chi connectivity index (χ0) is 8.39. The predicted molar refractivity (Wildman–Crippen MR) is 44.4 cm³/mol. The fourth-order valence-electron chi connectivity index (χ4n) is 1.48. The first-order chi connectivity index (χ1) is 5.90. The smallest absolute Gasteiger partial charge is 0.210 e. The Morgan fingerprint density at radius 3 is 3.33 bits per heavy atom. The summed E-state index contributed by atoms with van der Waals surface area (Å²) < 4.78 is 0. The second-order valence-corrected chi connectivity index (χ2v) is 2.94. The lowest BCUT2D eigenvalue weighted by molar-refractivity contribution is -0.118. The number of hydrogen-bond acceptors (Lipinski definition) is 2. The van der Waals surface area contributed by atoms with Crippen molar-refractivity contribution in [2.45, 2.75) is 13.0 Å². The van der Waals surface area contributed by atoms with Crippen molar-refractivity contribution in [1.29, 1.82) is 0 Å². The number of carbonyl (C=O) groups is 1. The molecule has 0 atom stereocenters. The lowest BCUT2D eigenvalue weighted by Gasteiger charge is -2.23. The molecule has 62 valence electrons. The highest BCUT2D eigenvalue weighted by Crippen LogP contribution is 2.14. The fourth-order valence-corrected chi connectivity index (χ4v) is 1.48. The van der Waals surface area contributed by atoms with Gasteiger partial charge < -0.3 is 4.90 Å². The molecule has 0 unspecified atom stereocenters. The number of fused-ring (bicyclic) bond motifs is 1. The van der Waals surface area contributed by atoms with Gasteiger partial charge in [0.05, 0.1) is 0 Å². The molecule has 0 fully saturated rings. The van der Waals surface area contributed by atoms with Gasteiger partial charge in [0, 0.05) is 31.4 Å². The first kappa shape index (κ1) is 7.28. The molecule has 2 heterocycles. The van der Waals surface area contributed by atoms with E-state index in [4.69, 9.17) is 0 Å². The summed E-state index contributed by atoms with van der Waals surface area (Å²) in [5.74, 6) is 0. The molecule has 0 spiro atoms. The van der Waals surface area contributed by atoms with E-state index < -0.39 is 0 Å². The zero-order valence-electron chi connectivity index (χ0n) is 6.73. The number of hydrogen-bond donors (Lipinski definition) is 0. The van der Waals surface area contributed by atoms with E-state index in [1.165, 1.54) is 5.56 Å². The Morgan fingerprint density at radius 1 is 1.58 bits per heavy atom. The van der Waals surface area contributed by atoms with Crippen molar-refractivity contribution in [2.24, 2.45) is 0 Å². The van der Waals surface area contributed by atoms with Crippen molar-refractivity contribution in [3.63, 3.8) is 0 Å². The van der Waals surface area contributed by atoms with Gasteiger partial charge in [-0.1, -0.05) is 6.07 Å². The Bertz CT molecular complexity index is 298. The topological polar surface area (TPSA) is 33.2 Å². The van der Waals surface area contributed by atoms with Crippen LogP contribution in [-0.4, -0.2) is 22.8 Å². The molecule has 1 aliphatic rings. The molecular weight excluding hydrogens is 152 g/mol. The van der Waals surface area contributed by atoms with Crippen molar-refractivity contribution in [3.05, 3.63) is 29.6 Å². The standard InChI is InChI=1S/C9H10N2O/c12-7-11-5-3-9-8(6-11)2-1-4-10-9/h1-2,4,7H,3,5-6H2. The summed E-state index contributed by atoms with van der Waals surface area (Å²) in [7, 11) is 0. The molecule has 0 N–H and O–H groups in total. The summed E-state index contributed by atoms with van der Waals surface area (Å²) in [6.07, 6.45) is 3.58. The van der Waals surface area contributed by atoms with Gasteiger partial charge in [0.1, 0.15) is 0 Å². The molecule has 12 heavy (non-hydrogen) atoms. The van der Waals surface area contributed by atoms with E-state index in [2.05, 4.69) is 4.98 Å². The van der Waals surface area contributed by atoms with E-state index in [0.717, 1.165) is 25.1 Å². The first-order valence-electron chi connectivity index (χ1n) is 4.02. The highest BCUT2D eigenvalue weighted by atomic mass is 16.1. The average Bonchev–Trinajstić information content (AvgIpc) is 2.17. The quantitative estimate of drug-likeness (QED) is 0.566. The van der Waals surface area contributed by atoms with Crippen LogP contribution in [0.3, 0.4) is 0 Å². The van der Waals surface area contributed by atoms with E-state index in [0.29, 0.717) is 6.54 Å². The van der Waals surface area contributed by atoms with Crippen molar-refractivity contribution in [3.8, 4) is 0 Å². The maximum Gasteiger partial charge on any atom is 0.210 e. The van der Waals surface area contributed by atoms with Gasteiger partial charge in [0.2, 0.25) is 6.41 Å². The fraction of sp³-hybridized carbons (Fsp3) is 0.333. The highest BCUT2D eigenvalue weighted by Gasteiger charge is 2.14. The molecule has 3 heteroatoms. The van der Waals surface area contributed by atoms with Crippen molar-refractivity contribution < 1.29 is 4.79 Å². The third-order valence-corrected chi connectivity index (χ3v) is 2.14. The molecule has 1 aromatic rings. The van der Waals surface area contributed by atoms with Gasteiger partial charge in [-0.15, -0.1) is 0 Å². The van der Waals surface area contributed by atoms with E-state index >= 15 is 0 Å². The number of pyridine rings is 1. The number of nitrogens with zero attached hydrogens (tertiary/aromatic N) is 2. The Balaban J connectivity index is 2.28. The van der Waals surface area contributed by atoms with Gasteiger partial charge in [-0.2, -0.15) is 0 Å². The molecule has 0 aliphatic carbocycles. The van der Waals surface area contributed by atoms with Crippen LogP contribution in [-0.2, 0) is 17.8 Å². The first-order valence-corrected chi connectivity index (χ1v) is 4.02. The maximum atomic E-state index is 10.5. The number of carbonyl (C=O) groups excluding carboxylic acids is 1. The van der Waals surface area contributed by atoms with Crippen LogP contribution in [0.5, 0.6) is 0 Å². The second-order valence-electron chi connectivity index (χ2n) is 2.94. The van der Waals surface area contributed by atoms with Crippen molar-refractivity contribution >= 4 is 6.41 Å². The molecule has 0 bridgehead atoms. The lowest BCUT2D eigenvalue weighted by atomic mass is 10.1. The van der Waals surface area contributed by atoms with E-state index in [-0.39, 0.29) is 0 Å². The highest BCUT2D eigenvalue weighted by molar-refractivity contribution is 5.48. The molecule has 2 rings (SSSR count). The SMILES string of the molecule is O=CN1CCc2ncccc2C1. The summed E-state index contributed by atoms with van der Waals surface area (Å²) in [6.45, 7) is 1.51. The van der Waals surface area contributed by atoms with Crippen LogP contribution in [0.15, 0.2) is 18.3 Å². The summed E-state index contributed by atoms with van der Waals surface area (Å²) in [5.41, 5.74) is 2.31. The van der Waals surface area contributed by atoms with Gasteiger partial charge in [-0.3, -0.25) is 9.78 Å².